The van der Waals surface area contributed by atoms with Gasteiger partial charge in [-0.1, -0.05) is 6.07 Å². The highest BCUT2D eigenvalue weighted by atomic mass is 19.1. The molecule has 0 nitrogen and oxygen atoms in total. The second-order valence-corrected chi connectivity index (χ2v) is 3.72. The standard InChI is InChI=1S/C10H8F2/c11-7-2-1-3-8(12)10(7)9-5-4-6(5)9/h1-3,5-6,9H,4H2. The first-order valence-electron chi connectivity index (χ1n) is 4.23. The number of rotatable bonds is 1. The predicted molar refractivity (Wildman–Crippen MR) is 40.7 cm³/mol. The Hall–Kier alpha value is -0.920. The van der Waals surface area contributed by atoms with Crippen molar-refractivity contribution in [1.82, 2.24) is 0 Å². The predicted octanol–water partition coefficient (Wildman–Crippen LogP) is 2.70. The SMILES string of the molecule is Fc1cccc(F)c1C1C2CC21. The highest BCUT2D eigenvalue weighted by Gasteiger charge is 2.65. The summed E-state index contributed by atoms with van der Waals surface area (Å²) in [5.74, 6) is 0.693. The third kappa shape index (κ3) is 0.701. The fraction of sp³-hybridized carbons (Fsp3) is 0.400. The van der Waals surface area contributed by atoms with Crippen molar-refractivity contribution in [1.29, 1.82) is 0 Å². The van der Waals surface area contributed by atoms with Gasteiger partial charge in [0.1, 0.15) is 11.6 Å². The summed E-state index contributed by atoms with van der Waals surface area (Å²) in [5, 5.41) is 0. The van der Waals surface area contributed by atoms with Gasteiger partial charge in [-0.15, -0.1) is 0 Å². The molecular formula is C10H8F2. The molecule has 2 fully saturated rings. The summed E-state index contributed by atoms with van der Waals surface area (Å²) in [6, 6.07) is 4.11. The quantitative estimate of drug-likeness (QED) is 0.601. The van der Waals surface area contributed by atoms with Crippen LogP contribution in [0.2, 0.25) is 0 Å². The average molecular weight is 166 g/mol. The maximum absolute atomic E-state index is 13.1. The van der Waals surface area contributed by atoms with E-state index in [1.807, 2.05) is 0 Å². The number of benzene rings is 1. The van der Waals surface area contributed by atoms with Gasteiger partial charge in [-0.05, 0) is 36.3 Å². The van der Waals surface area contributed by atoms with Gasteiger partial charge in [0.25, 0.3) is 0 Å². The molecule has 2 atom stereocenters. The first-order valence-corrected chi connectivity index (χ1v) is 4.23. The zero-order valence-electron chi connectivity index (χ0n) is 6.43. The van der Waals surface area contributed by atoms with Gasteiger partial charge in [-0.3, -0.25) is 0 Å². The first kappa shape index (κ1) is 6.58. The van der Waals surface area contributed by atoms with Crippen LogP contribution in [0, 0.1) is 23.5 Å². The third-order valence-electron chi connectivity index (χ3n) is 3.01. The van der Waals surface area contributed by atoms with Gasteiger partial charge in [-0.25, -0.2) is 8.78 Å². The fourth-order valence-electron chi connectivity index (χ4n) is 2.04. The second kappa shape index (κ2) is 1.87. The number of hydrogen-bond acceptors (Lipinski definition) is 0. The Morgan fingerprint density at radius 3 is 2.08 bits per heavy atom. The van der Waals surface area contributed by atoms with Crippen molar-refractivity contribution in [2.45, 2.75) is 12.3 Å². The third-order valence-corrected chi connectivity index (χ3v) is 3.01. The summed E-state index contributed by atoms with van der Waals surface area (Å²) in [6.07, 6.45) is 1.18. The van der Waals surface area contributed by atoms with Gasteiger partial charge in [-0.2, -0.15) is 0 Å². The molecule has 0 aromatic heterocycles. The molecule has 2 unspecified atom stereocenters. The van der Waals surface area contributed by atoms with E-state index in [0.717, 1.165) is 0 Å². The van der Waals surface area contributed by atoms with E-state index < -0.39 is 0 Å². The van der Waals surface area contributed by atoms with Crippen molar-refractivity contribution < 1.29 is 8.78 Å². The van der Waals surface area contributed by atoms with Crippen LogP contribution in [0.4, 0.5) is 8.78 Å². The van der Waals surface area contributed by atoms with E-state index in [0.29, 0.717) is 17.4 Å². The molecule has 1 aromatic rings. The van der Waals surface area contributed by atoms with Crippen molar-refractivity contribution in [3.63, 3.8) is 0 Å². The van der Waals surface area contributed by atoms with Crippen LogP contribution < -0.4 is 0 Å². The van der Waals surface area contributed by atoms with E-state index in [1.54, 1.807) is 0 Å². The molecule has 0 heterocycles. The Bertz CT molecular complexity index is 317. The molecule has 1 aromatic carbocycles. The number of fused-ring (bicyclic) bond motifs is 1. The molecule has 0 spiro atoms. The molecule has 0 amide bonds. The molecule has 12 heavy (non-hydrogen) atoms. The number of hydrogen-bond donors (Lipinski definition) is 0. The molecule has 0 saturated heterocycles. The van der Waals surface area contributed by atoms with Gasteiger partial charge in [0.2, 0.25) is 0 Å². The van der Waals surface area contributed by atoms with Crippen molar-refractivity contribution >= 4 is 0 Å². The van der Waals surface area contributed by atoms with E-state index in [1.165, 1.54) is 24.6 Å². The zero-order chi connectivity index (χ0) is 8.29. The molecule has 2 heteroatoms. The molecule has 2 aliphatic rings. The maximum Gasteiger partial charge on any atom is 0.129 e. The second-order valence-electron chi connectivity index (χ2n) is 3.72. The Morgan fingerprint density at radius 1 is 1.08 bits per heavy atom. The molecule has 2 saturated carbocycles. The van der Waals surface area contributed by atoms with Gasteiger partial charge < -0.3 is 0 Å². The van der Waals surface area contributed by atoms with E-state index in [9.17, 15) is 8.78 Å². The minimum absolute atomic E-state index is 0.214. The molecule has 2 aliphatic carbocycles. The van der Waals surface area contributed by atoms with Crippen LogP contribution in [-0.4, -0.2) is 0 Å². The summed E-state index contributed by atoms with van der Waals surface area (Å²) in [5.41, 5.74) is 0.332. The first-order chi connectivity index (χ1) is 5.79. The highest BCUT2D eigenvalue weighted by Crippen LogP contribution is 2.73. The van der Waals surface area contributed by atoms with Crippen molar-refractivity contribution in [2.75, 3.05) is 0 Å². The van der Waals surface area contributed by atoms with E-state index in [4.69, 9.17) is 0 Å². The van der Waals surface area contributed by atoms with E-state index in [2.05, 4.69) is 0 Å². The summed E-state index contributed by atoms with van der Waals surface area (Å²) < 4.78 is 26.2. The Kier molecular flexibility index (Phi) is 1.03. The van der Waals surface area contributed by atoms with Gasteiger partial charge in [0, 0.05) is 5.56 Å². The van der Waals surface area contributed by atoms with E-state index >= 15 is 0 Å². The molecule has 0 aliphatic heterocycles. The highest BCUT2D eigenvalue weighted by molar-refractivity contribution is 5.36. The smallest absolute Gasteiger partial charge is 0.129 e. The molecular weight excluding hydrogens is 158 g/mol. The van der Waals surface area contributed by atoms with Crippen LogP contribution in [0.1, 0.15) is 17.9 Å². The summed E-state index contributed by atoms with van der Waals surface area (Å²) in [7, 11) is 0. The summed E-state index contributed by atoms with van der Waals surface area (Å²) >= 11 is 0. The van der Waals surface area contributed by atoms with Gasteiger partial charge in [0.05, 0.1) is 0 Å². The van der Waals surface area contributed by atoms with Gasteiger partial charge in [0.15, 0.2) is 0 Å². The number of halogens is 2. The van der Waals surface area contributed by atoms with Crippen molar-refractivity contribution in [3.8, 4) is 0 Å². The van der Waals surface area contributed by atoms with Crippen molar-refractivity contribution in [2.24, 2.45) is 11.8 Å². The molecule has 62 valence electrons. The lowest BCUT2D eigenvalue weighted by Gasteiger charge is -2.06. The van der Waals surface area contributed by atoms with Crippen LogP contribution in [-0.2, 0) is 0 Å². The fourth-order valence-corrected chi connectivity index (χ4v) is 2.04. The molecule has 0 radical (unpaired) electrons. The minimum atomic E-state index is -0.368. The maximum atomic E-state index is 13.1. The lowest BCUT2D eigenvalue weighted by molar-refractivity contribution is 0.538. The minimum Gasteiger partial charge on any atom is -0.207 e. The average Bonchev–Trinajstić information content (AvgIpc) is 2.83. The topological polar surface area (TPSA) is 0 Å². The lowest BCUT2D eigenvalue weighted by Crippen LogP contribution is -1.97. The molecule has 3 rings (SSSR count). The Balaban J connectivity index is 2.06. The van der Waals surface area contributed by atoms with Crippen LogP contribution in [0.5, 0.6) is 0 Å². The Morgan fingerprint density at radius 2 is 1.67 bits per heavy atom. The van der Waals surface area contributed by atoms with Gasteiger partial charge >= 0.3 is 0 Å². The monoisotopic (exact) mass is 166 g/mol. The van der Waals surface area contributed by atoms with E-state index in [-0.39, 0.29) is 17.6 Å². The van der Waals surface area contributed by atoms with Crippen molar-refractivity contribution in [3.05, 3.63) is 35.4 Å². The van der Waals surface area contributed by atoms with Crippen LogP contribution >= 0.6 is 0 Å². The largest absolute Gasteiger partial charge is 0.207 e. The normalized spacial score (nSPS) is 36.0. The van der Waals surface area contributed by atoms with Crippen LogP contribution in [0.15, 0.2) is 18.2 Å². The molecule has 0 N–H and O–H groups in total. The Labute approximate surface area is 69.2 Å². The molecule has 0 bridgehead atoms. The zero-order valence-corrected chi connectivity index (χ0v) is 6.43. The van der Waals surface area contributed by atoms with Crippen LogP contribution in [0.3, 0.4) is 0 Å². The summed E-state index contributed by atoms with van der Waals surface area (Å²) in [6.45, 7) is 0. The summed E-state index contributed by atoms with van der Waals surface area (Å²) in [4.78, 5) is 0. The van der Waals surface area contributed by atoms with Crippen LogP contribution in [0.25, 0.3) is 0 Å². The lowest BCUT2D eigenvalue weighted by atomic mass is 10.0.